The number of nitrogens with zero attached hydrogens (tertiary/aromatic N) is 4. The first-order valence-electron chi connectivity index (χ1n) is 11.4. The standard InChI is InChI=1S/C26H23N5O3S/c1-14-7-8-35-22(14)23-28-29-24-25(33)27-20-11-19(15(2)9-21(20)31(23)24)26(34)30-12-17-6-4-3-5-16(17)10-18(30)13-32/h3-9,11,18,32H,10,12-13H2,1-2H3,(H,27,33)/t18-/m1/s1. The van der Waals surface area contributed by atoms with E-state index in [-0.39, 0.29) is 29.8 Å². The van der Waals surface area contributed by atoms with Crippen molar-refractivity contribution < 1.29 is 9.90 Å². The lowest BCUT2D eigenvalue weighted by molar-refractivity contribution is 0.0543. The molecule has 0 aliphatic carbocycles. The SMILES string of the molecule is Cc1cc2c(cc1C(=O)N1Cc3ccccc3C[C@@H]1CO)[nH]c(=O)c1nnc(-c3sccc3C)n12. The molecule has 0 saturated carbocycles. The smallest absolute Gasteiger partial charge is 0.294 e. The second-order valence-electron chi connectivity index (χ2n) is 9.00. The first kappa shape index (κ1) is 21.7. The number of nitrogens with one attached hydrogen (secondary N) is 1. The Balaban J connectivity index is 1.50. The molecule has 5 aromatic rings. The Morgan fingerprint density at radius 3 is 2.69 bits per heavy atom. The van der Waals surface area contributed by atoms with E-state index in [2.05, 4.69) is 15.2 Å². The number of H-pyrrole nitrogens is 1. The molecule has 8 nitrogen and oxygen atoms in total. The second-order valence-corrected chi connectivity index (χ2v) is 9.91. The molecule has 35 heavy (non-hydrogen) atoms. The third-order valence-electron chi connectivity index (χ3n) is 6.82. The molecule has 176 valence electrons. The van der Waals surface area contributed by atoms with Gasteiger partial charge in [-0.25, -0.2) is 0 Å². The van der Waals surface area contributed by atoms with Crippen LogP contribution in [-0.4, -0.2) is 48.1 Å². The highest BCUT2D eigenvalue weighted by Crippen LogP contribution is 2.31. The lowest BCUT2D eigenvalue weighted by Gasteiger charge is -2.36. The van der Waals surface area contributed by atoms with Crippen LogP contribution in [0.25, 0.3) is 27.4 Å². The van der Waals surface area contributed by atoms with Crippen LogP contribution >= 0.6 is 11.3 Å². The summed E-state index contributed by atoms with van der Waals surface area (Å²) in [6.45, 7) is 4.20. The molecule has 0 spiro atoms. The van der Waals surface area contributed by atoms with Crippen LogP contribution in [0.15, 0.2) is 52.6 Å². The van der Waals surface area contributed by atoms with E-state index < -0.39 is 0 Å². The first-order chi connectivity index (χ1) is 17.0. The third kappa shape index (κ3) is 3.38. The topological polar surface area (TPSA) is 104 Å². The predicted molar refractivity (Wildman–Crippen MR) is 135 cm³/mol. The predicted octanol–water partition coefficient (Wildman–Crippen LogP) is 3.48. The molecule has 6 rings (SSSR count). The van der Waals surface area contributed by atoms with Crippen molar-refractivity contribution in [2.45, 2.75) is 32.9 Å². The monoisotopic (exact) mass is 485 g/mol. The minimum Gasteiger partial charge on any atom is -0.394 e. The summed E-state index contributed by atoms with van der Waals surface area (Å²) in [5.74, 6) is 0.437. The number of benzene rings is 2. The highest BCUT2D eigenvalue weighted by Gasteiger charge is 2.31. The van der Waals surface area contributed by atoms with E-state index in [9.17, 15) is 14.7 Å². The fourth-order valence-corrected chi connectivity index (χ4v) is 5.84. The van der Waals surface area contributed by atoms with Crippen LogP contribution in [-0.2, 0) is 13.0 Å². The molecular formula is C26H23N5O3S. The molecule has 0 bridgehead atoms. The van der Waals surface area contributed by atoms with Crippen molar-refractivity contribution in [2.24, 2.45) is 0 Å². The number of rotatable bonds is 3. The Morgan fingerprint density at radius 2 is 1.94 bits per heavy atom. The largest absolute Gasteiger partial charge is 0.394 e. The number of hydrogen-bond acceptors (Lipinski definition) is 6. The minimum absolute atomic E-state index is 0.117. The van der Waals surface area contributed by atoms with Gasteiger partial charge in [-0.3, -0.25) is 14.0 Å². The van der Waals surface area contributed by atoms with Crippen molar-refractivity contribution in [3.8, 4) is 10.7 Å². The summed E-state index contributed by atoms with van der Waals surface area (Å²) in [6.07, 6.45) is 0.604. The van der Waals surface area contributed by atoms with Crippen LogP contribution in [0.5, 0.6) is 0 Å². The second kappa shape index (κ2) is 8.14. The molecule has 0 saturated heterocycles. The van der Waals surface area contributed by atoms with Crippen molar-refractivity contribution in [3.63, 3.8) is 0 Å². The molecule has 2 aromatic carbocycles. The number of aliphatic hydroxyl groups excluding tert-OH is 1. The maximum absolute atomic E-state index is 13.7. The number of amides is 1. The van der Waals surface area contributed by atoms with Gasteiger partial charge < -0.3 is 15.0 Å². The van der Waals surface area contributed by atoms with Crippen LogP contribution in [0.3, 0.4) is 0 Å². The number of fused-ring (bicyclic) bond motifs is 4. The maximum Gasteiger partial charge on any atom is 0.294 e. The van der Waals surface area contributed by atoms with Crippen molar-refractivity contribution in [1.82, 2.24) is 24.5 Å². The fraction of sp³-hybridized carbons (Fsp3) is 0.231. The molecule has 1 aliphatic heterocycles. The summed E-state index contributed by atoms with van der Waals surface area (Å²) in [7, 11) is 0. The van der Waals surface area contributed by atoms with Crippen LogP contribution < -0.4 is 5.56 Å². The average molecular weight is 486 g/mol. The van der Waals surface area contributed by atoms with E-state index in [1.165, 1.54) is 0 Å². The molecular weight excluding hydrogens is 462 g/mol. The summed E-state index contributed by atoms with van der Waals surface area (Å²) in [4.78, 5) is 32.1. The number of aliphatic hydroxyl groups is 1. The van der Waals surface area contributed by atoms with E-state index in [0.29, 0.717) is 29.9 Å². The van der Waals surface area contributed by atoms with Gasteiger partial charge in [0.15, 0.2) is 5.82 Å². The lowest BCUT2D eigenvalue weighted by atomic mass is 9.93. The number of aryl methyl sites for hydroxylation is 2. The Labute approximate surface area is 204 Å². The third-order valence-corrected chi connectivity index (χ3v) is 7.83. The van der Waals surface area contributed by atoms with Crippen molar-refractivity contribution in [3.05, 3.63) is 86.0 Å². The van der Waals surface area contributed by atoms with Crippen LogP contribution in [0.4, 0.5) is 0 Å². The van der Waals surface area contributed by atoms with Crippen LogP contribution in [0.2, 0.25) is 0 Å². The van der Waals surface area contributed by atoms with Gasteiger partial charge in [0, 0.05) is 12.1 Å². The number of carbonyl (C=O) groups excluding carboxylic acids is 1. The molecule has 9 heteroatoms. The van der Waals surface area contributed by atoms with Gasteiger partial charge in [0.2, 0.25) is 5.65 Å². The van der Waals surface area contributed by atoms with Gasteiger partial charge >= 0.3 is 0 Å². The van der Waals surface area contributed by atoms with E-state index in [1.807, 2.05) is 55.6 Å². The van der Waals surface area contributed by atoms with Gasteiger partial charge in [0.05, 0.1) is 28.6 Å². The molecule has 1 atom stereocenters. The zero-order chi connectivity index (χ0) is 24.3. The molecule has 0 unspecified atom stereocenters. The highest BCUT2D eigenvalue weighted by molar-refractivity contribution is 7.13. The number of aromatic nitrogens is 4. The molecule has 3 aromatic heterocycles. The fourth-order valence-electron chi connectivity index (χ4n) is 4.94. The Hall–Kier alpha value is -3.82. The summed E-state index contributed by atoms with van der Waals surface area (Å²) < 4.78 is 1.77. The summed E-state index contributed by atoms with van der Waals surface area (Å²) in [5.41, 5.74) is 5.66. The lowest BCUT2D eigenvalue weighted by Crippen LogP contribution is -2.46. The summed E-state index contributed by atoms with van der Waals surface area (Å²) >= 11 is 1.54. The van der Waals surface area contributed by atoms with Gasteiger partial charge in [-0.15, -0.1) is 21.5 Å². The van der Waals surface area contributed by atoms with Gasteiger partial charge in [0.1, 0.15) is 0 Å². The van der Waals surface area contributed by atoms with Gasteiger partial charge in [-0.1, -0.05) is 24.3 Å². The van der Waals surface area contributed by atoms with E-state index in [0.717, 1.165) is 32.6 Å². The number of hydrogen-bond donors (Lipinski definition) is 2. The molecule has 2 N–H and O–H groups in total. The van der Waals surface area contributed by atoms with E-state index >= 15 is 0 Å². The molecule has 4 heterocycles. The Kier molecular flexibility index (Phi) is 5.05. The van der Waals surface area contributed by atoms with Gasteiger partial charge in [-0.05, 0) is 66.1 Å². The maximum atomic E-state index is 13.7. The van der Waals surface area contributed by atoms with Gasteiger partial charge in [0.25, 0.3) is 11.5 Å². The Morgan fingerprint density at radius 1 is 1.14 bits per heavy atom. The zero-order valence-electron chi connectivity index (χ0n) is 19.3. The first-order valence-corrected chi connectivity index (χ1v) is 12.3. The summed E-state index contributed by atoms with van der Waals surface area (Å²) in [6, 6.07) is 13.3. The Bertz CT molecular complexity index is 1680. The highest BCUT2D eigenvalue weighted by atomic mass is 32.1. The van der Waals surface area contributed by atoms with E-state index in [1.54, 1.807) is 26.7 Å². The molecule has 1 amide bonds. The van der Waals surface area contributed by atoms with Gasteiger partial charge in [-0.2, -0.15) is 0 Å². The number of aromatic amines is 1. The number of thiophene rings is 1. The van der Waals surface area contributed by atoms with E-state index in [4.69, 9.17) is 0 Å². The molecule has 0 fully saturated rings. The van der Waals surface area contributed by atoms with Crippen LogP contribution in [0.1, 0.15) is 32.6 Å². The normalized spacial score (nSPS) is 15.6. The summed E-state index contributed by atoms with van der Waals surface area (Å²) in [5, 5.41) is 20.5. The molecule has 0 radical (unpaired) electrons. The average Bonchev–Trinajstić information content (AvgIpc) is 3.49. The van der Waals surface area contributed by atoms with Crippen LogP contribution in [0, 0.1) is 13.8 Å². The minimum atomic E-state index is -0.368. The quantitative estimate of drug-likeness (QED) is 0.407. The van der Waals surface area contributed by atoms with Crippen molar-refractivity contribution >= 4 is 33.9 Å². The van der Waals surface area contributed by atoms with Crippen molar-refractivity contribution in [2.75, 3.05) is 6.61 Å². The van der Waals surface area contributed by atoms with Crippen molar-refractivity contribution in [1.29, 1.82) is 0 Å². The molecule has 1 aliphatic rings. The number of carbonyl (C=O) groups is 1. The zero-order valence-corrected chi connectivity index (χ0v) is 20.1.